The second kappa shape index (κ2) is 5.91. The molecular formula is C12H11N5O3S2. The molecule has 3 aromatic rings. The third kappa shape index (κ3) is 3.18. The van der Waals surface area contributed by atoms with Crippen molar-refractivity contribution in [2.75, 3.05) is 0 Å². The fraction of sp³-hybridized carbons (Fsp3) is 0.167. The van der Waals surface area contributed by atoms with E-state index in [9.17, 15) is 8.42 Å². The van der Waals surface area contributed by atoms with Gasteiger partial charge >= 0.3 is 0 Å². The molecule has 0 aromatic carbocycles. The zero-order valence-corrected chi connectivity index (χ0v) is 13.1. The average molecular weight is 337 g/mol. The molecule has 3 rings (SSSR count). The largest absolute Gasteiger partial charge is 0.337 e. The van der Waals surface area contributed by atoms with Crippen LogP contribution in [0.4, 0.5) is 0 Å². The second-order valence-corrected chi connectivity index (χ2v) is 7.27. The Balaban J connectivity index is 1.71. The van der Waals surface area contributed by atoms with Crippen molar-refractivity contribution in [2.24, 2.45) is 0 Å². The number of thiophene rings is 1. The van der Waals surface area contributed by atoms with E-state index in [1.165, 1.54) is 6.07 Å². The quantitative estimate of drug-likeness (QED) is 0.748. The molecule has 0 aliphatic carbocycles. The summed E-state index contributed by atoms with van der Waals surface area (Å²) in [6.07, 6.45) is 0. The topological polar surface area (TPSA) is 111 Å². The molecule has 114 valence electrons. The third-order valence-corrected chi connectivity index (χ3v) is 5.47. The van der Waals surface area contributed by atoms with E-state index in [1.807, 2.05) is 6.92 Å². The fourth-order valence-electron chi connectivity index (χ4n) is 1.59. The zero-order valence-electron chi connectivity index (χ0n) is 11.4. The van der Waals surface area contributed by atoms with E-state index in [2.05, 4.69) is 25.1 Å². The summed E-state index contributed by atoms with van der Waals surface area (Å²) >= 11 is 1.13. The number of hydrogen-bond donors (Lipinski definition) is 1. The Bertz CT molecular complexity index is 857. The van der Waals surface area contributed by atoms with E-state index >= 15 is 0 Å². The normalized spacial score (nSPS) is 11.7. The fourth-order valence-corrected chi connectivity index (χ4v) is 3.61. The van der Waals surface area contributed by atoms with Gasteiger partial charge in [-0.2, -0.15) is 10.1 Å². The molecule has 10 heteroatoms. The monoisotopic (exact) mass is 337 g/mol. The van der Waals surface area contributed by atoms with Gasteiger partial charge in [0.1, 0.15) is 9.90 Å². The van der Waals surface area contributed by atoms with Crippen LogP contribution in [-0.4, -0.2) is 28.8 Å². The molecule has 0 bridgehead atoms. The molecule has 0 atom stereocenters. The van der Waals surface area contributed by atoms with Gasteiger partial charge in [-0.3, -0.25) is 0 Å². The molecule has 1 N–H and O–H groups in total. The number of rotatable bonds is 5. The maximum absolute atomic E-state index is 12.0. The molecule has 0 spiro atoms. The first-order valence-corrected chi connectivity index (χ1v) is 8.57. The lowest BCUT2D eigenvalue weighted by Crippen LogP contribution is -2.22. The Labute approximate surface area is 130 Å². The van der Waals surface area contributed by atoms with Crippen LogP contribution in [0.5, 0.6) is 0 Å². The summed E-state index contributed by atoms with van der Waals surface area (Å²) in [7, 11) is -3.56. The van der Waals surface area contributed by atoms with Crippen molar-refractivity contribution >= 4 is 21.4 Å². The summed E-state index contributed by atoms with van der Waals surface area (Å²) in [5, 5.41) is 13.3. The minimum absolute atomic E-state index is 0.0908. The molecule has 0 saturated heterocycles. The Morgan fingerprint density at radius 3 is 2.82 bits per heavy atom. The maximum Gasteiger partial charge on any atom is 0.250 e. The molecule has 0 unspecified atom stereocenters. The first-order valence-electron chi connectivity index (χ1n) is 6.21. The Morgan fingerprint density at radius 2 is 2.14 bits per heavy atom. The van der Waals surface area contributed by atoms with E-state index in [-0.39, 0.29) is 22.5 Å². The van der Waals surface area contributed by atoms with Crippen LogP contribution < -0.4 is 4.72 Å². The smallest absolute Gasteiger partial charge is 0.250 e. The number of aryl methyl sites for hydroxylation is 1. The molecule has 0 amide bonds. The van der Waals surface area contributed by atoms with Crippen LogP contribution in [0.3, 0.4) is 0 Å². The number of aromatic nitrogens is 4. The molecule has 0 fully saturated rings. The van der Waals surface area contributed by atoms with Gasteiger partial charge in [0, 0.05) is 0 Å². The van der Waals surface area contributed by atoms with Crippen LogP contribution in [0.15, 0.2) is 38.4 Å². The van der Waals surface area contributed by atoms with Gasteiger partial charge in [-0.1, -0.05) is 11.2 Å². The van der Waals surface area contributed by atoms with E-state index in [0.29, 0.717) is 5.69 Å². The van der Waals surface area contributed by atoms with Gasteiger partial charge in [-0.15, -0.1) is 16.4 Å². The van der Waals surface area contributed by atoms with Crippen LogP contribution in [0, 0.1) is 6.92 Å². The van der Waals surface area contributed by atoms with Gasteiger partial charge in [0.05, 0.1) is 12.2 Å². The molecule has 0 saturated carbocycles. The van der Waals surface area contributed by atoms with Crippen LogP contribution in [0.25, 0.3) is 11.5 Å². The van der Waals surface area contributed by atoms with Crippen molar-refractivity contribution in [1.29, 1.82) is 0 Å². The van der Waals surface area contributed by atoms with E-state index < -0.39 is 10.0 Å². The molecule has 22 heavy (non-hydrogen) atoms. The average Bonchev–Trinajstić information content (AvgIpc) is 3.18. The van der Waals surface area contributed by atoms with Crippen molar-refractivity contribution in [1.82, 2.24) is 25.1 Å². The van der Waals surface area contributed by atoms with Gasteiger partial charge < -0.3 is 4.52 Å². The lowest BCUT2D eigenvalue weighted by atomic mass is 10.3. The van der Waals surface area contributed by atoms with Gasteiger partial charge in [-0.05, 0) is 30.5 Å². The lowest BCUT2D eigenvalue weighted by Gasteiger charge is -2.00. The number of hydrogen-bond acceptors (Lipinski definition) is 8. The van der Waals surface area contributed by atoms with Gasteiger partial charge in [0.2, 0.25) is 11.7 Å². The highest BCUT2D eigenvalue weighted by Gasteiger charge is 2.17. The van der Waals surface area contributed by atoms with E-state index in [4.69, 9.17) is 4.52 Å². The van der Waals surface area contributed by atoms with Crippen LogP contribution in [0.1, 0.15) is 11.6 Å². The lowest BCUT2D eigenvalue weighted by molar-refractivity contribution is 0.375. The first kappa shape index (κ1) is 14.8. The summed E-state index contributed by atoms with van der Waals surface area (Å²) in [4.78, 5) is 4.09. The predicted octanol–water partition coefficient (Wildman–Crippen LogP) is 1.38. The molecule has 0 aliphatic rings. The number of nitrogens with one attached hydrogen (secondary N) is 1. The van der Waals surface area contributed by atoms with Crippen molar-refractivity contribution in [2.45, 2.75) is 17.7 Å². The molecule has 0 radical (unpaired) electrons. The Kier molecular flexibility index (Phi) is 3.96. The number of nitrogens with zero attached hydrogens (tertiary/aromatic N) is 4. The summed E-state index contributed by atoms with van der Waals surface area (Å²) in [5.41, 5.74) is 1.23. The summed E-state index contributed by atoms with van der Waals surface area (Å²) in [6.45, 7) is 1.73. The van der Waals surface area contributed by atoms with Gasteiger partial charge in [-0.25, -0.2) is 13.1 Å². The van der Waals surface area contributed by atoms with Crippen molar-refractivity contribution in [3.8, 4) is 11.5 Å². The minimum atomic E-state index is -3.56. The molecule has 3 heterocycles. The Morgan fingerprint density at radius 1 is 1.27 bits per heavy atom. The number of sulfonamides is 1. The van der Waals surface area contributed by atoms with Crippen molar-refractivity contribution in [3.63, 3.8) is 0 Å². The summed E-state index contributed by atoms with van der Waals surface area (Å²) < 4.78 is 31.6. The highest BCUT2D eigenvalue weighted by atomic mass is 32.2. The molecule has 8 nitrogen and oxygen atoms in total. The molecular weight excluding hydrogens is 326 g/mol. The van der Waals surface area contributed by atoms with Gasteiger partial charge in [0.15, 0.2) is 0 Å². The minimum Gasteiger partial charge on any atom is -0.337 e. The van der Waals surface area contributed by atoms with Crippen LogP contribution in [-0.2, 0) is 16.6 Å². The van der Waals surface area contributed by atoms with Gasteiger partial charge in [0.25, 0.3) is 10.0 Å². The van der Waals surface area contributed by atoms with Crippen molar-refractivity contribution in [3.05, 3.63) is 41.2 Å². The van der Waals surface area contributed by atoms with Crippen molar-refractivity contribution < 1.29 is 12.9 Å². The van der Waals surface area contributed by atoms with E-state index in [0.717, 1.165) is 17.0 Å². The third-order valence-electron chi connectivity index (χ3n) is 2.67. The van der Waals surface area contributed by atoms with E-state index in [1.54, 1.807) is 23.6 Å². The summed E-state index contributed by atoms with van der Waals surface area (Å²) in [6, 6.07) is 6.68. The van der Waals surface area contributed by atoms with Crippen LogP contribution >= 0.6 is 11.3 Å². The first-order chi connectivity index (χ1) is 10.5. The predicted molar refractivity (Wildman–Crippen MR) is 78.4 cm³/mol. The SMILES string of the molecule is Cc1ccc(-c2noc(CNS(=O)(=O)c3cccs3)n2)nn1. The van der Waals surface area contributed by atoms with Crippen LogP contribution in [0.2, 0.25) is 0 Å². The Hall–Kier alpha value is -2.17. The highest BCUT2D eigenvalue weighted by Crippen LogP contribution is 2.16. The molecule has 3 aromatic heterocycles. The second-order valence-electron chi connectivity index (χ2n) is 4.33. The maximum atomic E-state index is 12.0. The summed E-state index contributed by atoms with van der Waals surface area (Å²) in [5.74, 6) is 0.412. The standard InChI is InChI=1S/C12H11N5O3S2/c1-8-4-5-9(16-15-8)12-14-10(20-17-12)7-13-22(18,19)11-3-2-6-21-11/h2-6,13H,7H2,1H3. The molecule has 0 aliphatic heterocycles. The zero-order chi connectivity index (χ0) is 15.6. The highest BCUT2D eigenvalue weighted by molar-refractivity contribution is 7.91.